The van der Waals surface area contributed by atoms with Crippen molar-refractivity contribution in [1.82, 2.24) is 10.2 Å². The maximum Gasteiger partial charge on any atom is 0.0570 e. The molecule has 18 heavy (non-hydrogen) atoms. The lowest BCUT2D eigenvalue weighted by atomic mass is 9.72. The molecule has 3 heteroatoms. The highest BCUT2D eigenvalue weighted by molar-refractivity contribution is 4.98. The maximum atomic E-state index is 9.42. The Morgan fingerprint density at radius 2 is 1.72 bits per heavy atom. The zero-order valence-electron chi connectivity index (χ0n) is 11.8. The Labute approximate surface area is 111 Å². The third-order valence-electron chi connectivity index (χ3n) is 5.38. The van der Waals surface area contributed by atoms with Gasteiger partial charge in [-0.1, -0.05) is 6.42 Å². The van der Waals surface area contributed by atoms with Gasteiger partial charge >= 0.3 is 0 Å². The van der Waals surface area contributed by atoms with Crippen molar-refractivity contribution in [2.75, 3.05) is 13.1 Å². The summed E-state index contributed by atoms with van der Waals surface area (Å²) in [5.41, 5.74) is 0. The van der Waals surface area contributed by atoms with E-state index in [4.69, 9.17) is 0 Å². The lowest BCUT2D eigenvalue weighted by Crippen LogP contribution is -2.61. The van der Waals surface area contributed by atoms with E-state index in [1.165, 1.54) is 32.4 Å². The highest BCUT2D eigenvalue weighted by atomic mass is 16.3. The predicted octanol–water partition coefficient (Wildman–Crippen LogP) is 1.61. The normalized spacial score (nSPS) is 45.0. The Balaban J connectivity index is 1.61. The monoisotopic (exact) mass is 252 g/mol. The minimum Gasteiger partial charge on any atom is -0.393 e. The summed E-state index contributed by atoms with van der Waals surface area (Å²) in [6, 6.07) is 2.02. The first-order valence-electron chi connectivity index (χ1n) is 7.81. The standard InChI is InChI=1S/C15H28N2O/c1-10(2)17-8-11-4-3-5-12(9-17)15(11)16-13-6-14(18)7-13/h10-16,18H,3-9H2,1-2H3. The average Bonchev–Trinajstić information content (AvgIpc) is 2.26. The third-order valence-corrected chi connectivity index (χ3v) is 5.38. The van der Waals surface area contributed by atoms with Gasteiger partial charge in [0.1, 0.15) is 0 Å². The van der Waals surface area contributed by atoms with Crippen LogP contribution in [0.3, 0.4) is 0 Å². The number of hydrogen-bond donors (Lipinski definition) is 2. The van der Waals surface area contributed by atoms with Crippen molar-refractivity contribution < 1.29 is 5.11 Å². The van der Waals surface area contributed by atoms with E-state index in [0.717, 1.165) is 30.7 Å². The minimum absolute atomic E-state index is 0.0295. The second-order valence-electron chi connectivity index (χ2n) is 7.01. The highest BCUT2D eigenvalue weighted by Crippen LogP contribution is 2.37. The van der Waals surface area contributed by atoms with Gasteiger partial charge in [-0.2, -0.15) is 0 Å². The summed E-state index contributed by atoms with van der Waals surface area (Å²) in [6.07, 6.45) is 6.14. The first kappa shape index (κ1) is 12.9. The Morgan fingerprint density at radius 3 is 2.22 bits per heavy atom. The molecule has 1 heterocycles. The molecule has 3 aliphatic rings. The van der Waals surface area contributed by atoms with Crippen LogP contribution in [0.1, 0.15) is 46.0 Å². The number of aliphatic hydroxyl groups is 1. The van der Waals surface area contributed by atoms with E-state index in [1.54, 1.807) is 0 Å². The molecular formula is C15H28N2O. The molecule has 2 atom stereocenters. The summed E-state index contributed by atoms with van der Waals surface area (Å²) in [5, 5.41) is 13.3. The molecule has 2 bridgehead atoms. The minimum atomic E-state index is -0.0295. The van der Waals surface area contributed by atoms with Crippen LogP contribution in [0.2, 0.25) is 0 Å². The van der Waals surface area contributed by atoms with Crippen LogP contribution in [0.5, 0.6) is 0 Å². The van der Waals surface area contributed by atoms with E-state index >= 15 is 0 Å². The van der Waals surface area contributed by atoms with Crippen LogP contribution in [0.15, 0.2) is 0 Å². The van der Waals surface area contributed by atoms with Gasteiger partial charge in [-0.05, 0) is 51.4 Å². The van der Waals surface area contributed by atoms with Gasteiger partial charge in [0.2, 0.25) is 0 Å². The van der Waals surface area contributed by atoms with Gasteiger partial charge in [0.05, 0.1) is 6.10 Å². The second kappa shape index (κ2) is 5.10. The van der Waals surface area contributed by atoms with Gasteiger partial charge in [-0.15, -0.1) is 0 Å². The number of rotatable bonds is 3. The van der Waals surface area contributed by atoms with Gasteiger partial charge in [-0.3, -0.25) is 0 Å². The van der Waals surface area contributed by atoms with Crippen LogP contribution in [-0.2, 0) is 0 Å². The summed E-state index contributed by atoms with van der Waals surface area (Å²) >= 11 is 0. The molecule has 1 aliphatic heterocycles. The van der Waals surface area contributed by atoms with Gasteiger partial charge in [-0.25, -0.2) is 0 Å². The van der Waals surface area contributed by atoms with Crippen LogP contribution in [0.25, 0.3) is 0 Å². The van der Waals surface area contributed by atoms with Crippen LogP contribution >= 0.6 is 0 Å². The van der Waals surface area contributed by atoms with E-state index in [0.29, 0.717) is 12.1 Å². The molecule has 2 N–H and O–H groups in total. The van der Waals surface area contributed by atoms with Gasteiger partial charge in [0.25, 0.3) is 0 Å². The molecule has 3 fully saturated rings. The fourth-order valence-electron chi connectivity index (χ4n) is 4.16. The second-order valence-corrected chi connectivity index (χ2v) is 7.01. The number of piperidine rings is 1. The number of fused-ring (bicyclic) bond motifs is 2. The number of hydrogen-bond acceptors (Lipinski definition) is 3. The largest absolute Gasteiger partial charge is 0.393 e. The lowest BCUT2D eigenvalue weighted by Gasteiger charge is -2.51. The number of nitrogens with zero attached hydrogens (tertiary/aromatic N) is 1. The van der Waals surface area contributed by atoms with Gasteiger partial charge in [0.15, 0.2) is 0 Å². The number of likely N-dealkylation sites (tertiary alicyclic amines) is 1. The van der Waals surface area contributed by atoms with Crippen molar-refractivity contribution in [2.24, 2.45) is 11.8 Å². The molecule has 3 nitrogen and oxygen atoms in total. The molecule has 104 valence electrons. The van der Waals surface area contributed by atoms with E-state index in [1.807, 2.05) is 0 Å². The zero-order chi connectivity index (χ0) is 12.7. The van der Waals surface area contributed by atoms with Crippen LogP contribution in [-0.4, -0.2) is 47.3 Å². The zero-order valence-corrected chi connectivity index (χ0v) is 11.8. The number of aliphatic hydroxyl groups excluding tert-OH is 1. The summed E-state index contributed by atoms with van der Waals surface area (Å²) < 4.78 is 0. The first-order chi connectivity index (χ1) is 8.63. The van der Waals surface area contributed by atoms with E-state index in [2.05, 4.69) is 24.1 Å². The SMILES string of the molecule is CC(C)N1CC2CCCC(C1)C2NC1CC(O)C1. The molecule has 0 amide bonds. The van der Waals surface area contributed by atoms with Crippen LogP contribution in [0, 0.1) is 11.8 Å². The molecule has 0 aromatic carbocycles. The Morgan fingerprint density at radius 1 is 1.11 bits per heavy atom. The van der Waals surface area contributed by atoms with Crippen LogP contribution in [0.4, 0.5) is 0 Å². The van der Waals surface area contributed by atoms with Gasteiger partial charge < -0.3 is 15.3 Å². The number of nitrogens with one attached hydrogen (secondary N) is 1. The lowest BCUT2D eigenvalue weighted by molar-refractivity contribution is -0.000130. The Bertz CT molecular complexity index is 274. The van der Waals surface area contributed by atoms with Crippen molar-refractivity contribution in [1.29, 1.82) is 0 Å². The summed E-state index contributed by atoms with van der Waals surface area (Å²) in [5.74, 6) is 1.69. The molecule has 0 spiro atoms. The Kier molecular flexibility index (Phi) is 3.65. The van der Waals surface area contributed by atoms with E-state index in [-0.39, 0.29) is 6.10 Å². The quantitative estimate of drug-likeness (QED) is 0.801. The molecule has 2 aliphatic carbocycles. The fourth-order valence-corrected chi connectivity index (χ4v) is 4.16. The molecule has 1 saturated heterocycles. The van der Waals surface area contributed by atoms with Crippen molar-refractivity contribution in [3.8, 4) is 0 Å². The first-order valence-corrected chi connectivity index (χ1v) is 7.81. The summed E-state index contributed by atoms with van der Waals surface area (Å²) in [7, 11) is 0. The van der Waals surface area contributed by atoms with Gasteiger partial charge in [0, 0.05) is 31.2 Å². The van der Waals surface area contributed by atoms with Crippen molar-refractivity contribution in [2.45, 2.75) is 70.2 Å². The summed E-state index contributed by atoms with van der Waals surface area (Å²) in [4.78, 5) is 2.67. The molecule has 0 aromatic heterocycles. The smallest absolute Gasteiger partial charge is 0.0570 e. The third kappa shape index (κ3) is 2.45. The molecule has 0 aromatic rings. The predicted molar refractivity (Wildman–Crippen MR) is 73.5 cm³/mol. The topological polar surface area (TPSA) is 35.5 Å². The molecule has 0 radical (unpaired) electrons. The molecular weight excluding hydrogens is 224 g/mol. The molecule has 3 rings (SSSR count). The summed E-state index contributed by atoms with van der Waals surface area (Å²) in [6.45, 7) is 7.21. The van der Waals surface area contributed by atoms with E-state index < -0.39 is 0 Å². The molecule has 2 unspecified atom stereocenters. The van der Waals surface area contributed by atoms with Crippen molar-refractivity contribution in [3.63, 3.8) is 0 Å². The van der Waals surface area contributed by atoms with E-state index in [9.17, 15) is 5.11 Å². The average molecular weight is 252 g/mol. The van der Waals surface area contributed by atoms with Crippen molar-refractivity contribution >= 4 is 0 Å². The highest BCUT2D eigenvalue weighted by Gasteiger charge is 2.42. The molecule has 2 saturated carbocycles. The van der Waals surface area contributed by atoms with Crippen LogP contribution < -0.4 is 5.32 Å². The fraction of sp³-hybridized carbons (Fsp3) is 1.00. The Hall–Kier alpha value is -0.120. The van der Waals surface area contributed by atoms with Crippen molar-refractivity contribution in [3.05, 3.63) is 0 Å². The maximum absolute atomic E-state index is 9.42.